The second-order valence-corrected chi connectivity index (χ2v) is 6.13. The lowest BCUT2D eigenvalue weighted by Gasteiger charge is -2.12. The average Bonchev–Trinajstić information content (AvgIpc) is 2.67. The Morgan fingerprint density at radius 1 is 1.50 bits per heavy atom. The maximum atomic E-state index is 5.86. The molecule has 2 aromatic heterocycles. The van der Waals surface area contributed by atoms with E-state index in [-0.39, 0.29) is 0 Å². The van der Waals surface area contributed by atoms with Gasteiger partial charge in [-0.05, 0) is 24.8 Å². The van der Waals surface area contributed by atoms with Gasteiger partial charge in [0.25, 0.3) is 0 Å². The fourth-order valence-electron chi connectivity index (χ4n) is 1.96. The van der Waals surface area contributed by atoms with E-state index < -0.39 is 0 Å². The molecule has 1 unspecified atom stereocenters. The Morgan fingerprint density at radius 2 is 2.28 bits per heavy atom. The summed E-state index contributed by atoms with van der Waals surface area (Å²) in [5.74, 6) is 1.63. The van der Waals surface area contributed by atoms with Gasteiger partial charge in [-0.2, -0.15) is 11.8 Å². The van der Waals surface area contributed by atoms with E-state index in [1.54, 1.807) is 0 Å². The summed E-state index contributed by atoms with van der Waals surface area (Å²) in [4.78, 5) is 9.18. The highest BCUT2D eigenvalue weighted by molar-refractivity contribution is 7.99. The third kappa shape index (κ3) is 2.81. The maximum absolute atomic E-state index is 5.86. The van der Waals surface area contributed by atoms with Crippen LogP contribution in [-0.4, -0.2) is 31.9 Å². The Kier molecular flexibility index (Phi) is 4.51. The molecule has 0 aliphatic heterocycles. The lowest BCUT2D eigenvalue weighted by Crippen LogP contribution is -2.13. The molecule has 0 saturated heterocycles. The number of nitrogens with zero attached hydrogens (tertiary/aromatic N) is 3. The van der Waals surface area contributed by atoms with Crippen LogP contribution in [0.25, 0.3) is 11.2 Å². The second kappa shape index (κ2) is 5.93. The number of alkyl halides is 1. The van der Waals surface area contributed by atoms with E-state index in [9.17, 15) is 0 Å². The monoisotopic (exact) mass is 283 g/mol. The Morgan fingerprint density at radius 3 is 2.94 bits per heavy atom. The van der Waals surface area contributed by atoms with Crippen molar-refractivity contribution in [1.82, 2.24) is 14.5 Å². The quantitative estimate of drug-likeness (QED) is 0.789. The predicted octanol–water partition coefficient (Wildman–Crippen LogP) is 3.27. The van der Waals surface area contributed by atoms with Crippen LogP contribution >= 0.6 is 23.4 Å². The summed E-state index contributed by atoms with van der Waals surface area (Å²) in [5, 5.41) is 0.541. The highest BCUT2D eigenvalue weighted by Gasteiger charge is 2.13. The summed E-state index contributed by atoms with van der Waals surface area (Å²) in [6.07, 6.45) is 4.81. The lowest BCUT2D eigenvalue weighted by atomic mass is 10.3. The summed E-state index contributed by atoms with van der Waals surface area (Å²) in [7, 11) is 0. The van der Waals surface area contributed by atoms with Crippen LogP contribution in [0.2, 0.25) is 0 Å². The first-order valence-electron chi connectivity index (χ1n) is 6.06. The molecule has 1 atom stereocenters. The lowest BCUT2D eigenvalue weighted by molar-refractivity contribution is 0.667. The zero-order valence-electron chi connectivity index (χ0n) is 11.0. The maximum Gasteiger partial charge on any atom is 0.160 e. The van der Waals surface area contributed by atoms with Crippen molar-refractivity contribution in [3.05, 3.63) is 23.7 Å². The Bertz CT molecular complexity index is 538. The fourth-order valence-corrected chi connectivity index (χ4v) is 2.42. The second-order valence-electron chi connectivity index (χ2n) is 4.48. The van der Waals surface area contributed by atoms with Crippen LogP contribution in [0, 0.1) is 6.92 Å². The summed E-state index contributed by atoms with van der Waals surface area (Å²) in [6.45, 7) is 5.19. The van der Waals surface area contributed by atoms with Crippen molar-refractivity contribution in [3.8, 4) is 0 Å². The molecule has 2 rings (SSSR count). The van der Waals surface area contributed by atoms with Crippen molar-refractivity contribution >= 4 is 34.5 Å². The minimum absolute atomic E-state index is 0.541. The van der Waals surface area contributed by atoms with Gasteiger partial charge in [-0.1, -0.05) is 6.92 Å². The summed E-state index contributed by atoms with van der Waals surface area (Å²) >= 11 is 7.71. The number of aromatic nitrogens is 3. The molecule has 0 bridgehead atoms. The Hall–Kier alpha value is -0.740. The smallest absolute Gasteiger partial charge is 0.160 e. The SMILES string of the molecule is CSC(C)Cn1c(CCCl)nc2cc(C)cnc21. The molecule has 0 aliphatic rings. The van der Waals surface area contributed by atoms with Crippen molar-refractivity contribution < 1.29 is 0 Å². The van der Waals surface area contributed by atoms with Gasteiger partial charge in [0.05, 0.1) is 0 Å². The minimum Gasteiger partial charge on any atom is -0.312 e. The molecule has 0 N–H and O–H groups in total. The number of fused-ring (bicyclic) bond motifs is 1. The van der Waals surface area contributed by atoms with Crippen LogP contribution in [0.3, 0.4) is 0 Å². The van der Waals surface area contributed by atoms with Crippen LogP contribution in [-0.2, 0) is 13.0 Å². The molecule has 0 radical (unpaired) electrons. The van der Waals surface area contributed by atoms with Crippen molar-refractivity contribution in [2.45, 2.75) is 32.1 Å². The van der Waals surface area contributed by atoms with Crippen LogP contribution < -0.4 is 0 Å². The number of pyridine rings is 1. The predicted molar refractivity (Wildman–Crippen MR) is 79.7 cm³/mol. The van der Waals surface area contributed by atoms with E-state index in [1.165, 1.54) is 0 Å². The van der Waals surface area contributed by atoms with E-state index in [1.807, 2.05) is 24.9 Å². The van der Waals surface area contributed by atoms with Gasteiger partial charge in [0.2, 0.25) is 0 Å². The number of imidazole rings is 1. The summed E-state index contributed by atoms with van der Waals surface area (Å²) in [5.41, 5.74) is 3.09. The van der Waals surface area contributed by atoms with Gasteiger partial charge in [-0.3, -0.25) is 0 Å². The third-order valence-corrected chi connectivity index (χ3v) is 4.10. The molecular weight excluding hydrogens is 266 g/mol. The number of rotatable bonds is 5. The number of hydrogen-bond donors (Lipinski definition) is 0. The highest BCUT2D eigenvalue weighted by Crippen LogP contribution is 2.19. The van der Waals surface area contributed by atoms with Crippen LogP contribution in [0.5, 0.6) is 0 Å². The zero-order valence-corrected chi connectivity index (χ0v) is 12.6. The average molecular weight is 284 g/mol. The number of thioether (sulfide) groups is 1. The first-order chi connectivity index (χ1) is 8.65. The molecule has 0 fully saturated rings. The number of hydrogen-bond acceptors (Lipinski definition) is 3. The molecule has 0 spiro atoms. The standard InChI is InChI=1S/C13H18ClN3S/c1-9-6-11-13(15-7-9)17(8-10(2)18-3)12(16-11)4-5-14/h6-7,10H,4-5,8H2,1-3H3. The number of halogens is 1. The molecule has 98 valence electrons. The molecule has 3 nitrogen and oxygen atoms in total. The van der Waals surface area contributed by atoms with E-state index >= 15 is 0 Å². The van der Waals surface area contributed by atoms with Gasteiger partial charge < -0.3 is 4.57 Å². The van der Waals surface area contributed by atoms with Gasteiger partial charge in [-0.25, -0.2) is 9.97 Å². The van der Waals surface area contributed by atoms with E-state index in [0.717, 1.165) is 35.5 Å². The van der Waals surface area contributed by atoms with Gasteiger partial charge in [0, 0.05) is 30.3 Å². The van der Waals surface area contributed by atoms with Gasteiger partial charge >= 0.3 is 0 Å². The van der Waals surface area contributed by atoms with Crippen LogP contribution in [0.15, 0.2) is 12.3 Å². The molecular formula is C13H18ClN3S. The molecule has 2 heterocycles. The van der Waals surface area contributed by atoms with Crippen molar-refractivity contribution in [2.24, 2.45) is 0 Å². The molecule has 5 heteroatoms. The van der Waals surface area contributed by atoms with Crippen molar-refractivity contribution in [3.63, 3.8) is 0 Å². The van der Waals surface area contributed by atoms with E-state index in [0.29, 0.717) is 11.1 Å². The van der Waals surface area contributed by atoms with Gasteiger partial charge in [0.1, 0.15) is 11.3 Å². The first kappa shape index (κ1) is 13.7. The molecule has 18 heavy (non-hydrogen) atoms. The van der Waals surface area contributed by atoms with Crippen LogP contribution in [0.4, 0.5) is 0 Å². The normalized spacial score (nSPS) is 13.1. The molecule has 0 aromatic carbocycles. The molecule has 0 aliphatic carbocycles. The molecule has 0 saturated carbocycles. The Balaban J connectivity index is 2.48. The van der Waals surface area contributed by atoms with Gasteiger partial charge in [-0.15, -0.1) is 11.6 Å². The summed E-state index contributed by atoms with van der Waals surface area (Å²) in [6, 6.07) is 2.08. The van der Waals surface area contributed by atoms with E-state index in [4.69, 9.17) is 11.6 Å². The van der Waals surface area contributed by atoms with Crippen molar-refractivity contribution in [1.29, 1.82) is 0 Å². The summed E-state index contributed by atoms with van der Waals surface area (Å²) < 4.78 is 2.21. The van der Waals surface area contributed by atoms with Gasteiger partial charge in [0.15, 0.2) is 5.65 Å². The Labute approximate surface area is 117 Å². The van der Waals surface area contributed by atoms with Crippen LogP contribution in [0.1, 0.15) is 18.3 Å². The molecule has 0 amide bonds. The fraction of sp³-hybridized carbons (Fsp3) is 0.538. The third-order valence-electron chi connectivity index (χ3n) is 2.96. The topological polar surface area (TPSA) is 30.7 Å². The number of aryl methyl sites for hydroxylation is 2. The first-order valence-corrected chi connectivity index (χ1v) is 7.88. The van der Waals surface area contributed by atoms with E-state index in [2.05, 4.69) is 33.8 Å². The largest absolute Gasteiger partial charge is 0.312 e. The van der Waals surface area contributed by atoms with Crippen molar-refractivity contribution in [2.75, 3.05) is 12.1 Å². The zero-order chi connectivity index (χ0) is 13.1. The minimum atomic E-state index is 0.541. The molecule has 2 aromatic rings. The highest BCUT2D eigenvalue weighted by atomic mass is 35.5.